The Balaban J connectivity index is 2.28. The van der Waals surface area contributed by atoms with Gasteiger partial charge in [-0.3, -0.25) is 4.98 Å². The molecule has 1 N–H and O–H groups in total. The van der Waals surface area contributed by atoms with E-state index in [0.29, 0.717) is 6.54 Å². The molecule has 3 aromatic rings. The molecule has 3 rings (SSSR count). The van der Waals surface area contributed by atoms with Gasteiger partial charge in [0.05, 0.1) is 0 Å². The molecule has 2 atom stereocenters. The predicted molar refractivity (Wildman–Crippen MR) is 129 cm³/mol. The highest BCUT2D eigenvalue weighted by Gasteiger charge is 2.38. The topological polar surface area (TPSA) is 52.9 Å². The molecule has 0 radical (unpaired) electrons. The summed E-state index contributed by atoms with van der Waals surface area (Å²) in [6, 6.07) is 2.89. The highest BCUT2D eigenvalue weighted by molar-refractivity contribution is 7.90. The largest absolute Gasteiger partial charge is 0.598 e. The van der Waals surface area contributed by atoms with Crippen LogP contribution in [-0.4, -0.2) is 25.3 Å². The molecule has 11 heteroatoms. The summed E-state index contributed by atoms with van der Waals surface area (Å²) >= 11 is -1.86. The Morgan fingerprint density at radius 2 is 1.69 bits per heavy atom. The van der Waals surface area contributed by atoms with Gasteiger partial charge in [0, 0.05) is 57.9 Å². The standard InChI is InChI=1S/C25H29F6N3OS/c1-23(2,3)13-34-12-17(20(22(27)28)33-36(35)24(4,5)6)16-10-18(26)15(11-19(16)34)14-8-7-9-32-21(14)25(29,30)31/h7-12,20,22,33H,13H2,1-6H3/t20?,36-/m0/s1. The zero-order valence-electron chi connectivity index (χ0n) is 20.8. The van der Waals surface area contributed by atoms with Gasteiger partial charge in [-0.05, 0) is 44.4 Å². The lowest BCUT2D eigenvalue weighted by Gasteiger charge is -2.27. The van der Waals surface area contributed by atoms with Crippen LogP contribution in [0, 0.1) is 11.2 Å². The maximum Gasteiger partial charge on any atom is 0.433 e. The maximum atomic E-state index is 15.3. The molecule has 198 valence electrons. The summed E-state index contributed by atoms with van der Waals surface area (Å²) in [6.45, 7) is 10.9. The Kier molecular flexibility index (Phi) is 7.80. The van der Waals surface area contributed by atoms with Gasteiger partial charge in [0.15, 0.2) is 5.69 Å². The van der Waals surface area contributed by atoms with E-state index in [1.165, 1.54) is 18.3 Å². The van der Waals surface area contributed by atoms with Crippen LogP contribution in [0.1, 0.15) is 58.8 Å². The molecule has 0 aliphatic rings. The van der Waals surface area contributed by atoms with Crippen LogP contribution in [0.3, 0.4) is 0 Å². The monoisotopic (exact) mass is 533 g/mol. The van der Waals surface area contributed by atoms with Crippen molar-refractivity contribution in [1.82, 2.24) is 14.3 Å². The molecule has 0 amide bonds. The summed E-state index contributed by atoms with van der Waals surface area (Å²) in [7, 11) is 0. The van der Waals surface area contributed by atoms with Gasteiger partial charge in [-0.2, -0.15) is 13.2 Å². The van der Waals surface area contributed by atoms with Gasteiger partial charge < -0.3 is 9.12 Å². The molecular formula is C25H29F6N3OS. The van der Waals surface area contributed by atoms with Crippen LogP contribution in [0.5, 0.6) is 0 Å². The van der Waals surface area contributed by atoms with E-state index in [4.69, 9.17) is 0 Å². The van der Waals surface area contributed by atoms with Crippen molar-refractivity contribution in [1.29, 1.82) is 0 Å². The van der Waals surface area contributed by atoms with Gasteiger partial charge in [0.2, 0.25) is 0 Å². The number of halogens is 6. The van der Waals surface area contributed by atoms with Crippen LogP contribution >= 0.6 is 0 Å². The average Bonchev–Trinajstić information content (AvgIpc) is 3.04. The van der Waals surface area contributed by atoms with Crippen molar-refractivity contribution in [3.8, 4) is 11.1 Å². The molecule has 2 aromatic heterocycles. The van der Waals surface area contributed by atoms with Gasteiger partial charge in [0.25, 0.3) is 6.43 Å². The fourth-order valence-corrected chi connectivity index (χ4v) is 4.64. The molecule has 4 nitrogen and oxygen atoms in total. The summed E-state index contributed by atoms with van der Waals surface area (Å²) < 4.78 is 100. The van der Waals surface area contributed by atoms with E-state index in [9.17, 15) is 26.5 Å². The zero-order valence-corrected chi connectivity index (χ0v) is 21.6. The number of hydrogen-bond donors (Lipinski definition) is 1. The lowest BCUT2D eigenvalue weighted by atomic mass is 9.96. The minimum Gasteiger partial charge on any atom is -0.598 e. The van der Waals surface area contributed by atoms with Crippen LogP contribution in [0.15, 0.2) is 36.7 Å². The fraction of sp³-hybridized carbons (Fsp3) is 0.480. The molecule has 2 heterocycles. The second-order valence-corrected chi connectivity index (χ2v) is 12.8. The Bertz CT molecular complexity index is 1230. The average molecular weight is 534 g/mol. The Hall–Kier alpha value is -2.24. The highest BCUT2D eigenvalue weighted by atomic mass is 32.2. The van der Waals surface area contributed by atoms with Crippen LogP contribution in [-0.2, 0) is 24.1 Å². The van der Waals surface area contributed by atoms with Crippen molar-refractivity contribution in [2.45, 2.75) is 71.5 Å². The third kappa shape index (κ3) is 6.18. The number of hydrogen-bond acceptors (Lipinski definition) is 3. The van der Waals surface area contributed by atoms with Crippen LogP contribution < -0.4 is 4.72 Å². The van der Waals surface area contributed by atoms with E-state index >= 15 is 4.39 Å². The number of fused-ring (bicyclic) bond motifs is 1. The van der Waals surface area contributed by atoms with E-state index in [1.807, 2.05) is 20.8 Å². The number of nitrogens with zero attached hydrogens (tertiary/aromatic N) is 2. The SMILES string of the molecule is CC(C)(C)Cn1cc(C(N[S@@+]([O-])C(C)(C)C)C(F)F)c2cc(F)c(-c3cccnc3C(F)(F)F)cc21. The third-order valence-electron chi connectivity index (χ3n) is 5.39. The summed E-state index contributed by atoms with van der Waals surface area (Å²) in [5.74, 6) is -1.01. The molecule has 0 spiro atoms. The van der Waals surface area contributed by atoms with Gasteiger partial charge in [0.1, 0.15) is 16.6 Å². The Morgan fingerprint density at radius 3 is 2.22 bits per heavy atom. The minimum absolute atomic E-state index is 0.00883. The maximum absolute atomic E-state index is 15.3. The molecular weight excluding hydrogens is 504 g/mol. The number of benzene rings is 1. The highest BCUT2D eigenvalue weighted by Crippen LogP contribution is 2.40. The lowest BCUT2D eigenvalue weighted by Crippen LogP contribution is -2.43. The summed E-state index contributed by atoms with van der Waals surface area (Å²) in [5, 5.41) is 0.0988. The first-order valence-electron chi connectivity index (χ1n) is 11.2. The molecule has 1 unspecified atom stereocenters. The first-order chi connectivity index (χ1) is 16.4. The molecule has 0 aliphatic heterocycles. The van der Waals surface area contributed by atoms with Crippen molar-refractivity contribution < 1.29 is 30.9 Å². The molecule has 0 saturated carbocycles. The van der Waals surface area contributed by atoms with Crippen molar-refractivity contribution >= 4 is 22.3 Å². The number of nitrogens with one attached hydrogen (secondary N) is 1. The molecule has 36 heavy (non-hydrogen) atoms. The van der Waals surface area contributed by atoms with Crippen molar-refractivity contribution in [2.24, 2.45) is 5.41 Å². The second-order valence-electron chi connectivity index (χ2n) is 10.8. The molecule has 1 aromatic carbocycles. The van der Waals surface area contributed by atoms with Crippen molar-refractivity contribution in [2.75, 3.05) is 0 Å². The van der Waals surface area contributed by atoms with Gasteiger partial charge in [-0.1, -0.05) is 26.8 Å². The number of aromatic nitrogens is 2. The summed E-state index contributed by atoms with van der Waals surface area (Å²) in [4.78, 5) is 3.40. The van der Waals surface area contributed by atoms with Gasteiger partial charge in [-0.25, -0.2) is 13.2 Å². The minimum atomic E-state index is -4.82. The smallest absolute Gasteiger partial charge is 0.433 e. The number of pyridine rings is 1. The third-order valence-corrected chi connectivity index (χ3v) is 6.97. The van der Waals surface area contributed by atoms with E-state index in [-0.39, 0.29) is 27.4 Å². The first-order valence-corrected chi connectivity index (χ1v) is 12.4. The van der Waals surface area contributed by atoms with E-state index in [1.54, 1.807) is 25.3 Å². The summed E-state index contributed by atoms with van der Waals surface area (Å²) in [6.07, 6.45) is -5.41. The number of alkyl halides is 5. The van der Waals surface area contributed by atoms with Crippen LogP contribution in [0.4, 0.5) is 26.3 Å². The molecule has 0 saturated heterocycles. The van der Waals surface area contributed by atoms with Crippen molar-refractivity contribution in [3.63, 3.8) is 0 Å². The van der Waals surface area contributed by atoms with Gasteiger partial charge in [-0.15, -0.1) is 4.72 Å². The van der Waals surface area contributed by atoms with E-state index in [2.05, 4.69) is 9.71 Å². The fourth-order valence-electron chi connectivity index (χ4n) is 3.83. The van der Waals surface area contributed by atoms with Crippen LogP contribution in [0.2, 0.25) is 0 Å². The second kappa shape index (κ2) is 9.90. The van der Waals surface area contributed by atoms with E-state index in [0.717, 1.165) is 18.3 Å². The number of rotatable bonds is 6. The normalized spacial score (nSPS) is 15.1. The van der Waals surface area contributed by atoms with Gasteiger partial charge >= 0.3 is 6.18 Å². The Labute approximate surface area is 209 Å². The first kappa shape index (κ1) is 28.3. The summed E-state index contributed by atoms with van der Waals surface area (Å²) in [5.41, 5.74) is -2.10. The quantitative estimate of drug-likeness (QED) is 0.268. The zero-order chi connectivity index (χ0) is 27.2. The van der Waals surface area contributed by atoms with E-state index < -0.39 is 51.8 Å². The Morgan fingerprint density at radius 1 is 1.06 bits per heavy atom. The predicted octanol–water partition coefficient (Wildman–Crippen LogP) is 7.27. The van der Waals surface area contributed by atoms with Crippen LogP contribution in [0.25, 0.3) is 22.0 Å². The van der Waals surface area contributed by atoms with Crippen molar-refractivity contribution in [3.05, 3.63) is 53.7 Å². The lowest BCUT2D eigenvalue weighted by molar-refractivity contribution is -0.140. The molecule has 0 bridgehead atoms. The molecule has 0 aliphatic carbocycles. The molecule has 0 fully saturated rings.